The molecular formula is C22H22N6O2. The third-order valence-electron chi connectivity index (χ3n) is 5.65. The highest BCUT2D eigenvalue weighted by Crippen LogP contribution is 2.19. The number of aromatic amines is 1. The second-order valence-electron chi connectivity index (χ2n) is 7.66. The topological polar surface area (TPSA) is 95.4 Å². The molecule has 4 aromatic rings. The molecule has 2 N–H and O–H groups in total. The van der Waals surface area contributed by atoms with Crippen LogP contribution >= 0.6 is 0 Å². The number of amides is 1. The fraction of sp³-hybridized carbons (Fsp3) is 0.273. The number of hydrogen-bond acceptors (Lipinski definition) is 5. The van der Waals surface area contributed by atoms with Gasteiger partial charge >= 0.3 is 0 Å². The first kappa shape index (κ1) is 18.4. The summed E-state index contributed by atoms with van der Waals surface area (Å²) >= 11 is 0. The van der Waals surface area contributed by atoms with Crippen LogP contribution in [0.4, 0.5) is 5.82 Å². The van der Waals surface area contributed by atoms with Crippen LogP contribution in [0.5, 0.6) is 0 Å². The molecule has 3 aromatic heterocycles. The standard InChI is InChI=1S/C22H22N6O2/c1-14-5-4-8-19(24-14)27-11-9-15(10-12-27)25-22(30)17-13-23-28-18-7-3-2-6-16(18)21(29)26-20(17)28/h2-8,13,15H,9-12H2,1H3,(H,25,30)(H,26,29). The van der Waals surface area contributed by atoms with Crippen molar-refractivity contribution >= 4 is 28.3 Å². The first-order chi connectivity index (χ1) is 14.6. The van der Waals surface area contributed by atoms with Crippen molar-refractivity contribution in [3.05, 3.63) is 70.3 Å². The minimum Gasteiger partial charge on any atom is -0.356 e. The van der Waals surface area contributed by atoms with Crippen molar-refractivity contribution in [3.63, 3.8) is 0 Å². The predicted octanol–water partition coefficient (Wildman–Crippen LogP) is 2.28. The Balaban J connectivity index is 1.33. The van der Waals surface area contributed by atoms with Crippen molar-refractivity contribution in [1.82, 2.24) is 24.9 Å². The van der Waals surface area contributed by atoms with E-state index >= 15 is 0 Å². The Hall–Kier alpha value is -3.68. The molecule has 8 heteroatoms. The number of benzene rings is 1. The molecule has 0 saturated carbocycles. The monoisotopic (exact) mass is 402 g/mol. The maximum absolute atomic E-state index is 12.9. The molecule has 1 saturated heterocycles. The molecule has 0 aliphatic carbocycles. The van der Waals surface area contributed by atoms with E-state index in [1.165, 1.54) is 6.20 Å². The van der Waals surface area contributed by atoms with E-state index in [1.807, 2.05) is 37.3 Å². The van der Waals surface area contributed by atoms with Gasteiger partial charge in [-0.15, -0.1) is 0 Å². The summed E-state index contributed by atoms with van der Waals surface area (Å²) in [5.41, 5.74) is 2.23. The van der Waals surface area contributed by atoms with Gasteiger partial charge in [-0.25, -0.2) is 9.50 Å². The second kappa shape index (κ2) is 7.29. The number of H-pyrrole nitrogens is 1. The van der Waals surface area contributed by atoms with E-state index < -0.39 is 0 Å². The van der Waals surface area contributed by atoms with Crippen LogP contribution in [0.3, 0.4) is 0 Å². The Morgan fingerprint density at radius 2 is 1.93 bits per heavy atom. The van der Waals surface area contributed by atoms with Crippen molar-refractivity contribution in [3.8, 4) is 0 Å². The van der Waals surface area contributed by atoms with E-state index in [9.17, 15) is 9.59 Å². The Morgan fingerprint density at radius 1 is 1.13 bits per heavy atom. The van der Waals surface area contributed by atoms with E-state index in [4.69, 9.17) is 0 Å². The van der Waals surface area contributed by atoms with Gasteiger partial charge in [0.15, 0.2) is 0 Å². The van der Waals surface area contributed by atoms with Crippen molar-refractivity contribution in [1.29, 1.82) is 0 Å². The van der Waals surface area contributed by atoms with Gasteiger partial charge in [0, 0.05) is 24.8 Å². The molecule has 0 atom stereocenters. The number of pyridine rings is 1. The Bertz CT molecular complexity index is 1300. The third kappa shape index (κ3) is 3.20. The van der Waals surface area contributed by atoms with Gasteiger partial charge in [-0.2, -0.15) is 5.10 Å². The van der Waals surface area contributed by atoms with Crippen molar-refractivity contribution in [2.45, 2.75) is 25.8 Å². The Morgan fingerprint density at radius 3 is 2.73 bits per heavy atom. The molecule has 1 aliphatic heterocycles. The van der Waals surface area contributed by atoms with Crippen LogP contribution in [0.1, 0.15) is 28.9 Å². The van der Waals surface area contributed by atoms with Gasteiger partial charge in [0.05, 0.1) is 17.1 Å². The highest BCUT2D eigenvalue weighted by atomic mass is 16.2. The fourth-order valence-corrected chi connectivity index (χ4v) is 4.06. The normalized spacial score (nSPS) is 15.0. The number of carbonyl (C=O) groups excluding carboxylic acids is 1. The zero-order chi connectivity index (χ0) is 20.7. The lowest BCUT2D eigenvalue weighted by molar-refractivity contribution is 0.0932. The fourth-order valence-electron chi connectivity index (χ4n) is 4.06. The molecule has 1 aliphatic rings. The molecule has 30 heavy (non-hydrogen) atoms. The van der Waals surface area contributed by atoms with Gasteiger partial charge in [-0.1, -0.05) is 18.2 Å². The number of carbonyl (C=O) groups is 1. The van der Waals surface area contributed by atoms with Gasteiger partial charge in [0.25, 0.3) is 11.5 Å². The van der Waals surface area contributed by atoms with Crippen molar-refractivity contribution < 1.29 is 4.79 Å². The molecule has 5 rings (SSSR count). The smallest absolute Gasteiger partial charge is 0.259 e. The van der Waals surface area contributed by atoms with Crippen LogP contribution in [0, 0.1) is 6.92 Å². The lowest BCUT2D eigenvalue weighted by atomic mass is 10.0. The van der Waals surface area contributed by atoms with Crippen LogP contribution in [-0.4, -0.2) is 44.6 Å². The number of hydrogen-bond donors (Lipinski definition) is 2. The largest absolute Gasteiger partial charge is 0.356 e. The molecule has 0 radical (unpaired) electrons. The number of anilines is 1. The highest BCUT2D eigenvalue weighted by Gasteiger charge is 2.24. The molecular weight excluding hydrogens is 380 g/mol. The Labute approximate surface area is 172 Å². The zero-order valence-corrected chi connectivity index (χ0v) is 16.6. The summed E-state index contributed by atoms with van der Waals surface area (Å²) < 4.78 is 1.61. The van der Waals surface area contributed by atoms with Gasteiger partial charge in [0.1, 0.15) is 17.0 Å². The van der Waals surface area contributed by atoms with Crippen LogP contribution in [-0.2, 0) is 0 Å². The number of nitrogens with zero attached hydrogens (tertiary/aromatic N) is 4. The molecule has 8 nitrogen and oxygen atoms in total. The molecule has 0 bridgehead atoms. The van der Waals surface area contributed by atoms with E-state index in [2.05, 4.69) is 25.3 Å². The number of rotatable bonds is 3. The van der Waals surface area contributed by atoms with Crippen LogP contribution in [0.15, 0.2) is 53.5 Å². The maximum atomic E-state index is 12.9. The molecule has 1 fully saturated rings. The van der Waals surface area contributed by atoms with Gasteiger partial charge < -0.3 is 15.2 Å². The SMILES string of the molecule is Cc1cccc(N2CCC(NC(=O)c3cnn4c3[nH]c(=O)c3ccccc34)CC2)n1. The number of nitrogens with one attached hydrogen (secondary N) is 2. The van der Waals surface area contributed by atoms with E-state index in [-0.39, 0.29) is 17.5 Å². The zero-order valence-electron chi connectivity index (χ0n) is 16.6. The van der Waals surface area contributed by atoms with Crippen LogP contribution in [0.2, 0.25) is 0 Å². The predicted molar refractivity (Wildman–Crippen MR) is 115 cm³/mol. The minimum atomic E-state index is -0.230. The Kier molecular flexibility index (Phi) is 4.46. The third-order valence-corrected chi connectivity index (χ3v) is 5.65. The first-order valence-corrected chi connectivity index (χ1v) is 10.1. The lowest BCUT2D eigenvalue weighted by Gasteiger charge is -2.33. The first-order valence-electron chi connectivity index (χ1n) is 10.1. The number of aryl methyl sites for hydroxylation is 1. The number of aromatic nitrogens is 4. The molecule has 0 unspecified atom stereocenters. The second-order valence-corrected chi connectivity index (χ2v) is 7.66. The molecule has 4 heterocycles. The number of fused-ring (bicyclic) bond motifs is 3. The quantitative estimate of drug-likeness (QED) is 0.548. The van der Waals surface area contributed by atoms with Crippen LogP contribution in [0.25, 0.3) is 16.6 Å². The van der Waals surface area contributed by atoms with Crippen LogP contribution < -0.4 is 15.8 Å². The van der Waals surface area contributed by atoms with E-state index in [0.29, 0.717) is 22.1 Å². The molecule has 152 valence electrons. The van der Waals surface area contributed by atoms with Crippen molar-refractivity contribution in [2.24, 2.45) is 0 Å². The average molecular weight is 402 g/mol. The molecule has 1 amide bonds. The summed E-state index contributed by atoms with van der Waals surface area (Å²) in [4.78, 5) is 35.0. The van der Waals surface area contributed by atoms with E-state index in [0.717, 1.165) is 37.4 Å². The molecule has 1 aromatic carbocycles. The minimum absolute atomic E-state index is 0.0701. The van der Waals surface area contributed by atoms with Gasteiger partial charge in [-0.05, 0) is 44.0 Å². The summed E-state index contributed by atoms with van der Waals surface area (Å²) in [6, 6.07) is 13.3. The van der Waals surface area contributed by atoms with Gasteiger partial charge in [0.2, 0.25) is 0 Å². The average Bonchev–Trinajstić information content (AvgIpc) is 3.18. The highest BCUT2D eigenvalue weighted by molar-refractivity contribution is 6.00. The number of para-hydroxylation sites is 1. The summed E-state index contributed by atoms with van der Waals surface area (Å²) in [6.45, 7) is 3.65. The summed E-state index contributed by atoms with van der Waals surface area (Å²) in [6.07, 6.45) is 3.18. The summed E-state index contributed by atoms with van der Waals surface area (Å²) in [5.74, 6) is 0.759. The maximum Gasteiger partial charge on any atom is 0.259 e. The lowest BCUT2D eigenvalue weighted by Crippen LogP contribution is -2.45. The van der Waals surface area contributed by atoms with Crippen molar-refractivity contribution in [2.75, 3.05) is 18.0 Å². The molecule has 0 spiro atoms. The summed E-state index contributed by atoms with van der Waals surface area (Å²) in [7, 11) is 0. The van der Waals surface area contributed by atoms with E-state index in [1.54, 1.807) is 16.6 Å². The number of piperidine rings is 1. The summed E-state index contributed by atoms with van der Waals surface area (Å²) in [5, 5.41) is 7.97. The van der Waals surface area contributed by atoms with Gasteiger partial charge in [-0.3, -0.25) is 9.59 Å².